The molecule has 0 amide bonds. The molecule has 1 rings (SSSR count). The van der Waals surface area contributed by atoms with Gasteiger partial charge in [0.05, 0.1) is 0 Å². The zero-order chi connectivity index (χ0) is 11.8. The molecular formula is C15H27N. The molecule has 1 saturated heterocycles. The van der Waals surface area contributed by atoms with Gasteiger partial charge in [0.25, 0.3) is 0 Å². The predicted molar refractivity (Wildman–Crippen MR) is 72.6 cm³/mol. The summed E-state index contributed by atoms with van der Waals surface area (Å²) in [6.07, 6.45) is 12.3. The van der Waals surface area contributed by atoms with Crippen LogP contribution < -0.4 is 0 Å². The van der Waals surface area contributed by atoms with E-state index >= 15 is 0 Å². The zero-order valence-corrected chi connectivity index (χ0v) is 11.2. The van der Waals surface area contributed by atoms with Crippen molar-refractivity contribution in [1.29, 1.82) is 0 Å². The molecule has 1 aliphatic rings. The maximum atomic E-state index is 2.59. The zero-order valence-electron chi connectivity index (χ0n) is 11.2. The molecule has 0 N–H and O–H groups in total. The average molecular weight is 221 g/mol. The molecule has 0 aromatic carbocycles. The quantitative estimate of drug-likeness (QED) is 0.634. The standard InChI is InChI=1S/C15H27N/c1-4-9-15(12-14(3)5-2)13-16-10-7-6-8-11-16/h4,9,12,14H,5-8,10-11,13H2,1-3H3/b9-4-,15-12+. The molecule has 0 radical (unpaired) electrons. The van der Waals surface area contributed by atoms with Crippen LogP contribution in [0.3, 0.4) is 0 Å². The van der Waals surface area contributed by atoms with E-state index in [0.717, 1.165) is 6.54 Å². The molecule has 0 aliphatic carbocycles. The highest BCUT2D eigenvalue weighted by Gasteiger charge is 2.10. The van der Waals surface area contributed by atoms with E-state index < -0.39 is 0 Å². The molecule has 92 valence electrons. The van der Waals surface area contributed by atoms with Gasteiger partial charge in [-0.25, -0.2) is 0 Å². The Kier molecular flexibility index (Phi) is 6.47. The van der Waals surface area contributed by atoms with Gasteiger partial charge in [-0.05, 0) is 44.3 Å². The molecule has 0 aromatic heterocycles. The lowest BCUT2D eigenvalue weighted by Crippen LogP contribution is -2.31. The highest BCUT2D eigenvalue weighted by Crippen LogP contribution is 2.14. The first-order valence-corrected chi connectivity index (χ1v) is 6.82. The average Bonchev–Trinajstić information content (AvgIpc) is 2.30. The van der Waals surface area contributed by atoms with Gasteiger partial charge in [0.15, 0.2) is 0 Å². The Hall–Kier alpha value is -0.560. The van der Waals surface area contributed by atoms with Gasteiger partial charge in [0, 0.05) is 6.54 Å². The number of allylic oxidation sites excluding steroid dienone is 2. The van der Waals surface area contributed by atoms with E-state index in [-0.39, 0.29) is 0 Å². The summed E-state index contributed by atoms with van der Waals surface area (Å²) in [6, 6.07) is 0. The minimum absolute atomic E-state index is 0.705. The molecule has 1 nitrogen and oxygen atoms in total. The van der Waals surface area contributed by atoms with Crippen molar-refractivity contribution < 1.29 is 0 Å². The summed E-state index contributed by atoms with van der Waals surface area (Å²) in [4.78, 5) is 2.59. The molecular weight excluding hydrogens is 194 g/mol. The molecule has 1 heterocycles. The van der Waals surface area contributed by atoms with Crippen LogP contribution in [0.25, 0.3) is 0 Å². The van der Waals surface area contributed by atoms with Gasteiger partial charge < -0.3 is 0 Å². The Labute approximate surface area is 101 Å². The van der Waals surface area contributed by atoms with E-state index in [9.17, 15) is 0 Å². The second kappa shape index (κ2) is 7.67. The van der Waals surface area contributed by atoms with E-state index in [0.29, 0.717) is 5.92 Å². The van der Waals surface area contributed by atoms with E-state index in [1.807, 2.05) is 0 Å². The van der Waals surface area contributed by atoms with Gasteiger partial charge >= 0.3 is 0 Å². The second-order valence-corrected chi connectivity index (χ2v) is 4.96. The van der Waals surface area contributed by atoms with Crippen molar-refractivity contribution in [3.8, 4) is 0 Å². The number of piperidine rings is 1. The molecule has 1 fully saturated rings. The number of likely N-dealkylation sites (tertiary alicyclic amines) is 1. The summed E-state index contributed by atoms with van der Waals surface area (Å²) in [6.45, 7) is 10.4. The van der Waals surface area contributed by atoms with Gasteiger partial charge in [0.1, 0.15) is 0 Å². The Morgan fingerprint density at radius 1 is 1.25 bits per heavy atom. The van der Waals surface area contributed by atoms with Gasteiger partial charge in [-0.15, -0.1) is 0 Å². The Balaban J connectivity index is 2.52. The van der Waals surface area contributed by atoms with Gasteiger partial charge in [-0.2, -0.15) is 0 Å². The van der Waals surface area contributed by atoms with Gasteiger partial charge in [-0.3, -0.25) is 4.90 Å². The highest BCUT2D eigenvalue weighted by molar-refractivity contribution is 5.20. The van der Waals surface area contributed by atoms with Crippen molar-refractivity contribution in [2.75, 3.05) is 19.6 Å². The summed E-state index contributed by atoms with van der Waals surface area (Å²) < 4.78 is 0. The lowest BCUT2D eigenvalue weighted by molar-refractivity contribution is 0.247. The normalized spacial score (nSPS) is 21.6. The van der Waals surface area contributed by atoms with Crippen LogP contribution in [0.1, 0.15) is 46.5 Å². The first-order chi connectivity index (χ1) is 7.76. The maximum absolute atomic E-state index is 2.59. The molecule has 1 atom stereocenters. The smallest absolute Gasteiger partial charge is 0.0230 e. The number of nitrogens with zero attached hydrogens (tertiary/aromatic N) is 1. The third-order valence-corrected chi connectivity index (χ3v) is 3.38. The lowest BCUT2D eigenvalue weighted by Gasteiger charge is -2.27. The van der Waals surface area contributed by atoms with Crippen LogP contribution in [0.5, 0.6) is 0 Å². The molecule has 1 heteroatoms. The van der Waals surface area contributed by atoms with Crippen LogP contribution in [0.2, 0.25) is 0 Å². The number of hydrogen-bond donors (Lipinski definition) is 0. The van der Waals surface area contributed by atoms with Crippen molar-refractivity contribution >= 4 is 0 Å². The van der Waals surface area contributed by atoms with Crippen molar-refractivity contribution in [2.45, 2.75) is 46.5 Å². The lowest BCUT2D eigenvalue weighted by atomic mass is 10.0. The van der Waals surface area contributed by atoms with E-state index in [1.165, 1.54) is 44.3 Å². The minimum atomic E-state index is 0.705. The molecule has 0 saturated carbocycles. The predicted octanol–water partition coefficient (Wildman–Crippen LogP) is 4.02. The summed E-state index contributed by atoms with van der Waals surface area (Å²) in [5.41, 5.74) is 1.50. The van der Waals surface area contributed by atoms with Crippen LogP contribution in [0.4, 0.5) is 0 Å². The molecule has 16 heavy (non-hydrogen) atoms. The van der Waals surface area contributed by atoms with Crippen LogP contribution in [-0.4, -0.2) is 24.5 Å². The van der Waals surface area contributed by atoms with Crippen LogP contribution in [0.15, 0.2) is 23.8 Å². The Morgan fingerprint density at radius 2 is 1.94 bits per heavy atom. The maximum Gasteiger partial charge on any atom is 0.0230 e. The Bertz CT molecular complexity index is 234. The van der Waals surface area contributed by atoms with E-state index in [2.05, 4.69) is 43.9 Å². The summed E-state index contributed by atoms with van der Waals surface area (Å²) in [5, 5.41) is 0. The fourth-order valence-electron chi connectivity index (χ4n) is 2.23. The van der Waals surface area contributed by atoms with Gasteiger partial charge in [0.2, 0.25) is 0 Å². The SMILES string of the molecule is C/C=C\C(=C/C(C)CC)CN1CCCCC1. The van der Waals surface area contributed by atoms with Crippen LogP contribution in [-0.2, 0) is 0 Å². The highest BCUT2D eigenvalue weighted by atomic mass is 15.1. The number of hydrogen-bond acceptors (Lipinski definition) is 1. The summed E-state index contributed by atoms with van der Waals surface area (Å²) >= 11 is 0. The molecule has 0 aromatic rings. The topological polar surface area (TPSA) is 3.24 Å². The second-order valence-electron chi connectivity index (χ2n) is 4.96. The van der Waals surface area contributed by atoms with Crippen molar-refractivity contribution in [3.63, 3.8) is 0 Å². The number of rotatable bonds is 5. The van der Waals surface area contributed by atoms with Crippen molar-refractivity contribution in [3.05, 3.63) is 23.8 Å². The van der Waals surface area contributed by atoms with Crippen LogP contribution >= 0.6 is 0 Å². The minimum Gasteiger partial charge on any atom is -0.299 e. The van der Waals surface area contributed by atoms with E-state index in [4.69, 9.17) is 0 Å². The first-order valence-electron chi connectivity index (χ1n) is 6.82. The third-order valence-electron chi connectivity index (χ3n) is 3.38. The molecule has 1 aliphatic heterocycles. The third kappa shape index (κ3) is 4.98. The summed E-state index contributed by atoms with van der Waals surface area (Å²) in [7, 11) is 0. The van der Waals surface area contributed by atoms with Crippen molar-refractivity contribution in [2.24, 2.45) is 5.92 Å². The molecule has 0 bridgehead atoms. The summed E-state index contributed by atoms with van der Waals surface area (Å²) in [5.74, 6) is 0.705. The molecule has 1 unspecified atom stereocenters. The fraction of sp³-hybridized carbons (Fsp3) is 0.733. The van der Waals surface area contributed by atoms with Crippen LogP contribution in [0, 0.1) is 5.92 Å². The largest absolute Gasteiger partial charge is 0.299 e. The van der Waals surface area contributed by atoms with Gasteiger partial charge in [-0.1, -0.05) is 44.9 Å². The Morgan fingerprint density at radius 3 is 2.50 bits per heavy atom. The van der Waals surface area contributed by atoms with Crippen molar-refractivity contribution in [1.82, 2.24) is 4.90 Å². The van der Waals surface area contributed by atoms with E-state index in [1.54, 1.807) is 0 Å². The fourth-order valence-corrected chi connectivity index (χ4v) is 2.23. The molecule has 0 spiro atoms. The monoisotopic (exact) mass is 221 g/mol. The first kappa shape index (κ1) is 13.5.